The van der Waals surface area contributed by atoms with Gasteiger partial charge in [-0.3, -0.25) is 0 Å². The molecule has 0 saturated heterocycles. The molecular formula is C8H18O3S. The topological polar surface area (TPSA) is 54.4 Å². The monoisotopic (exact) mass is 194 g/mol. The average Bonchev–Trinajstić information content (AvgIpc) is 1.49. The van der Waals surface area contributed by atoms with Gasteiger partial charge in [-0.15, -0.1) is 0 Å². The molecule has 3 nitrogen and oxygen atoms in total. The summed E-state index contributed by atoms with van der Waals surface area (Å²) in [5.74, 6) is -0.0694. The molecule has 0 heterocycles. The van der Waals surface area contributed by atoms with Crippen LogP contribution < -0.4 is 0 Å². The highest BCUT2D eigenvalue weighted by atomic mass is 32.2. The van der Waals surface area contributed by atoms with E-state index in [4.69, 9.17) is 0 Å². The molecule has 0 radical (unpaired) electrons. The van der Waals surface area contributed by atoms with Crippen molar-refractivity contribution in [1.29, 1.82) is 0 Å². The van der Waals surface area contributed by atoms with E-state index in [0.29, 0.717) is 0 Å². The van der Waals surface area contributed by atoms with Crippen molar-refractivity contribution in [3.8, 4) is 0 Å². The fourth-order valence-electron chi connectivity index (χ4n) is 1.83. The van der Waals surface area contributed by atoms with Crippen LogP contribution in [-0.2, 0) is 9.84 Å². The van der Waals surface area contributed by atoms with Gasteiger partial charge in [0.15, 0.2) is 9.84 Å². The van der Waals surface area contributed by atoms with Gasteiger partial charge >= 0.3 is 0 Å². The van der Waals surface area contributed by atoms with Crippen molar-refractivity contribution in [2.75, 3.05) is 6.26 Å². The molecule has 0 aliphatic heterocycles. The van der Waals surface area contributed by atoms with E-state index in [2.05, 4.69) is 0 Å². The molecule has 0 aliphatic carbocycles. The lowest BCUT2D eigenvalue weighted by Crippen LogP contribution is -2.45. The fraction of sp³-hybridized carbons (Fsp3) is 1.00. The van der Waals surface area contributed by atoms with Crippen LogP contribution in [0.4, 0.5) is 0 Å². The Kier molecular flexibility index (Phi) is 3.32. The van der Waals surface area contributed by atoms with Crippen molar-refractivity contribution in [1.82, 2.24) is 0 Å². The maximum absolute atomic E-state index is 11.3. The van der Waals surface area contributed by atoms with Crippen LogP contribution in [0.5, 0.6) is 0 Å². The molecule has 0 saturated carbocycles. The molecule has 0 aromatic heterocycles. The van der Waals surface area contributed by atoms with Crippen molar-refractivity contribution in [3.05, 3.63) is 0 Å². The van der Waals surface area contributed by atoms with Gasteiger partial charge in [-0.05, 0) is 19.8 Å². The Morgan fingerprint density at radius 3 is 1.58 bits per heavy atom. The first kappa shape index (κ1) is 11.9. The zero-order valence-corrected chi connectivity index (χ0v) is 9.14. The molecule has 12 heavy (non-hydrogen) atoms. The van der Waals surface area contributed by atoms with Crippen LogP contribution in [0.3, 0.4) is 0 Å². The van der Waals surface area contributed by atoms with Crippen molar-refractivity contribution >= 4 is 9.84 Å². The number of hydrogen-bond acceptors (Lipinski definition) is 3. The van der Waals surface area contributed by atoms with Crippen LogP contribution in [-0.4, -0.2) is 30.6 Å². The molecule has 0 fully saturated rings. The number of rotatable bonds is 3. The van der Waals surface area contributed by atoms with Gasteiger partial charge in [-0.1, -0.05) is 13.8 Å². The first-order chi connectivity index (χ1) is 5.07. The minimum absolute atomic E-state index is 0.0694. The Hall–Kier alpha value is -0.0900. The zero-order chi connectivity index (χ0) is 10.2. The highest BCUT2D eigenvalue weighted by Gasteiger charge is 2.37. The molecular weight excluding hydrogens is 176 g/mol. The van der Waals surface area contributed by atoms with E-state index in [1.165, 1.54) is 13.8 Å². The second kappa shape index (κ2) is 3.34. The predicted octanol–water partition coefficient (Wildman–Crippen LogP) is 0.827. The summed E-state index contributed by atoms with van der Waals surface area (Å²) >= 11 is 0. The molecule has 0 rings (SSSR count). The van der Waals surface area contributed by atoms with Crippen LogP contribution in [0.2, 0.25) is 0 Å². The van der Waals surface area contributed by atoms with E-state index in [1.807, 2.05) is 0 Å². The van der Waals surface area contributed by atoms with Gasteiger partial charge in [0.1, 0.15) is 0 Å². The van der Waals surface area contributed by atoms with E-state index >= 15 is 0 Å². The smallest absolute Gasteiger partial charge is 0.153 e. The second-order valence-electron chi connectivity index (χ2n) is 4.15. The van der Waals surface area contributed by atoms with Crippen LogP contribution in [0.25, 0.3) is 0 Å². The summed E-state index contributed by atoms with van der Waals surface area (Å²) in [5.41, 5.74) is -1.16. The van der Waals surface area contributed by atoms with Gasteiger partial charge in [0.25, 0.3) is 0 Å². The zero-order valence-electron chi connectivity index (χ0n) is 8.33. The third-order valence-corrected chi connectivity index (χ3v) is 3.81. The van der Waals surface area contributed by atoms with E-state index in [1.54, 1.807) is 13.8 Å². The third kappa shape index (κ3) is 3.11. The minimum atomic E-state index is -3.17. The van der Waals surface area contributed by atoms with Crippen LogP contribution in [0.15, 0.2) is 0 Å². The lowest BCUT2D eigenvalue weighted by atomic mass is 9.96. The van der Waals surface area contributed by atoms with Gasteiger partial charge in [0.05, 0.1) is 10.9 Å². The van der Waals surface area contributed by atoms with Crippen LogP contribution >= 0.6 is 0 Å². The van der Waals surface area contributed by atoms with Gasteiger partial charge in [0, 0.05) is 6.26 Å². The van der Waals surface area contributed by atoms with E-state index in [9.17, 15) is 13.5 Å². The Labute approximate surface area is 74.7 Å². The molecule has 74 valence electrons. The highest BCUT2D eigenvalue weighted by Crippen LogP contribution is 2.23. The molecule has 0 bridgehead atoms. The van der Waals surface area contributed by atoms with Crippen molar-refractivity contribution < 1.29 is 13.5 Å². The van der Waals surface area contributed by atoms with Crippen LogP contribution in [0, 0.1) is 5.92 Å². The van der Waals surface area contributed by atoms with E-state index in [-0.39, 0.29) is 5.92 Å². The Bertz CT molecular complexity index is 234. The van der Waals surface area contributed by atoms with Crippen molar-refractivity contribution in [3.63, 3.8) is 0 Å². The largest absolute Gasteiger partial charge is 0.389 e. The van der Waals surface area contributed by atoms with Crippen molar-refractivity contribution in [2.45, 2.75) is 38.5 Å². The first-order valence-corrected chi connectivity index (χ1v) is 5.93. The molecule has 4 heteroatoms. The SMILES string of the molecule is CC(C)[C@@H](C(C)(C)O)S(C)(=O)=O. The molecule has 1 N–H and O–H groups in total. The second-order valence-corrected chi connectivity index (χ2v) is 6.31. The summed E-state index contributed by atoms with van der Waals surface area (Å²) in [6, 6.07) is 0. The highest BCUT2D eigenvalue weighted by molar-refractivity contribution is 7.91. The number of aliphatic hydroxyl groups is 1. The number of hydrogen-bond donors (Lipinski definition) is 1. The maximum Gasteiger partial charge on any atom is 0.153 e. The molecule has 0 amide bonds. The lowest BCUT2D eigenvalue weighted by Gasteiger charge is -2.30. The van der Waals surface area contributed by atoms with Gasteiger partial charge in [-0.2, -0.15) is 0 Å². The normalized spacial score (nSPS) is 16.6. The maximum atomic E-state index is 11.3. The van der Waals surface area contributed by atoms with Crippen molar-refractivity contribution in [2.24, 2.45) is 5.92 Å². The standard InChI is InChI=1S/C8H18O3S/c1-6(2)7(8(3,4)9)12(5,10)11/h6-7,9H,1-5H3/t7-/m0/s1. The Morgan fingerprint density at radius 1 is 1.25 bits per heavy atom. The van der Waals surface area contributed by atoms with E-state index < -0.39 is 20.7 Å². The first-order valence-electron chi connectivity index (χ1n) is 3.98. The third-order valence-electron chi connectivity index (χ3n) is 1.76. The van der Waals surface area contributed by atoms with Gasteiger partial charge in [0.2, 0.25) is 0 Å². The molecule has 0 unspecified atom stereocenters. The fourth-order valence-corrected chi connectivity index (χ4v) is 3.87. The van der Waals surface area contributed by atoms with E-state index in [0.717, 1.165) is 6.26 Å². The molecule has 1 atom stereocenters. The summed E-state index contributed by atoms with van der Waals surface area (Å²) in [6.07, 6.45) is 1.16. The molecule has 0 spiro atoms. The van der Waals surface area contributed by atoms with Gasteiger partial charge in [-0.25, -0.2) is 8.42 Å². The quantitative estimate of drug-likeness (QED) is 0.724. The predicted molar refractivity (Wildman–Crippen MR) is 49.8 cm³/mol. The molecule has 0 aliphatic rings. The summed E-state index contributed by atoms with van der Waals surface area (Å²) in [4.78, 5) is 0. The number of sulfone groups is 1. The average molecular weight is 194 g/mol. The summed E-state index contributed by atoms with van der Waals surface area (Å²) < 4.78 is 22.5. The lowest BCUT2D eigenvalue weighted by molar-refractivity contribution is 0.0620. The summed E-state index contributed by atoms with van der Waals surface area (Å²) in [6.45, 7) is 6.64. The minimum Gasteiger partial charge on any atom is -0.389 e. The van der Waals surface area contributed by atoms with Gasteiger partial charge < -0.3 is 5.11 Å². The molecule has 0 aromatic carbocycles. The Balaban J connectivity index is 4.97. The summed E-state index contributed by atoms with van der Waals surface area (Å²) in [7, 11) is -3.17. The molecule has 0 aromatic rings. The summed E-state index contributed by atoms with van der Waals surface area (Å²) in [5, 5.41) is 8.91. The Morgan fingerprint density at radius 2 is 1.58 bits per heavy atom. The van der Waals surface area contributed by atoms with Crippen LogP contribution in [0.1, 0.15) is 27.7 Å².